The van der Waals surface area contributed by atoms with Crippen LogP contribution < -0.4 is 0 Å². The fraction of sp³-hybridized carbons (Fsp3) is 0.765. The van der Waals surface area contributed by atoms with Crippen molar-refractivity contribution in [2.45, 2.75) is 57.2 Å². The lowest BCUT2D eigenvalue weighted by Gasteiger charge is -2.58. The Labute approximate surface area is 161 Å². The Morgan fingerprint density at radius 3 is 2.61 bits per heavy atom. The van der Waals surface area contributed by atoms with Crippen LogP contribution in [0.2, 0.25) is 0 Å². The van der Waals surface area contributed by atoms with E-state index in [9.17, 15) is 27.7 Å². The van der Waals surface area contributed by atoms with Gasteiger partial charge in [0.2, 0.25) is 0 Å². The van der Waals surface area contributed by atoms with Gasteiger partial charge in [0.15, 0.2) is 5.78 Å². The standard InChI is InChI=1S/C17H22O10S/c1-8-4-11-16(6-24-9(2)18,13(20)12(8)19)15(3)5-10(27-28(21,22)23)14(26-11)17(15)7-25-17/h4,10-11,13-14,20H,5-7H2,1-3H3,(H,21,22,23)/t10-,11-,13-,14-,15-,16-,17+/m1/s1. The van der Waals surface area contributed by atoms with E-state index in [2.05, 4.69) is 0 Å². The van der Waals surface area contributed by atoms with Crippen molar-refractivity contribution < 1.29 is 46.1 Å². The first-order valence-electron chi connectivity index (χ1n) is 8.87. The summed E-state index contributed by atoms with van der Waals surface area (Å²) < 4.78 is 53.8. The summed E-state index contributed by atoms with van der Waals surface area (Å²) >= 11 is 0. The fourth-order valence-electron chi connectivity index (χ4n) is 5.42. The second-order valence-electron chi connectivity index (χ2n) is 8.19. The maximum atomic E-state index is 12.7. The Bertz CT molecular complexity index is 874. The highest BCUT2D eigenvalue weighted by Crippen LogP contribution is 2.71. The number of carbonyl (C=O) groups excluding carboxylic acids is 2. The molecule has 4 rings (SSSR count). The van der Waals surface area contributed by atoms with E-state index in [0.29, 0.717) is 5.57 Å². The van der Waals surface area contributed by atoms with Crippen LogP contribution in [0.25, 0.3) is 0 Å². The number of hydrogen-bond donors (Lipinski definition) is 2. The van der Waals surface area contributed by atoms with Gasteiger partial charge in [0.1, 0.15) is 30.5 Å². The van der Waals surface area contributed by atoms with Gasteiger partial charge in [-0.2, -0.15) is 8.42 Å². The average Bonchev–Trinajstić information content (AvgIpc) is 3.33. The molecule has 0 unspecified atom stereocenters. The van der Waals surface area contributed by atoms with Crippen molar-refractivity contribution >= 4 is 22.2 Å². The Hall–Kier alpha value is -1.37. The van der Waals surface area contributed by atoms with Crippen molar-refractivity contribution in [3.05, 3.63) is 11.6 Å². The molecule has 11 heteroatoms. The van der Waals surface area contributed by atoms with E-state index in [1.807, 2.05) is 0 Å². The number of Topliss-reactive ketones (excluding diaryl/α,β-unsaturated/α-hetero) is 1. The van der Waals surface area contributed by atoms with Crippen molar-refractivity contribution in [3.63, 3.8) is 0 Å². The van der Waals surface area contributed by atoms with E-state index in [4.69, 9.17) is 18.4 Å². The average molecular weight is 418 g/mol. The number of carbonyl (C=O) groups is 2. The molecule has 10 nitrogen and oxygen atoms in total. The van der Waals surface area contributed by atoms with Crippen molar-refractivity contribution in [1.29, 1.82) is 0 Å². The van der Waals surface area contributed by atoms with Crippen LogP contribution in [-0.4, -0.2) is 73.1 Å². The normalized spacial score (nSPS) is 46.9. The van der Waals surface area contributed by atoms with Crippen LogP contribution in [-0.2, 0) is 38.4 Å². The van der Waals surface area contributed by atoms with E-state index in [-0.39, 0.29) is 19.6 Å². The summed E-state index contributed by atoms with van der Waals surface area (Å²) in [6.07, 6.45) is -2.78. The predicted molar refractivity (Wildman–Crippen MR) is 90.3 cm³/mol. The third-order valence-corrected chi connectivity index (χ3v) is 7.40. The molecule has 4 aliphatic rings. The van der Waals surface area contributed by atoms with Crippen LogP contribution in [0.1, 0.15) is 27.2 Å². The number of ether oxygens (including phenoxy) is 3. The van der Waals surface area contributed by atoms with Crippen LogP contribution in [0.5, 0.6) is 0 Å². The zero-order valence-corrected chi connectivity index (χ0v) is 16.4. The quantitative estimate of drug-likeness (QED) is 0.349. The third-order valence-electron chi connectivity index (χ3n) is 6.91. The minimum absolute atomic E-state index is 0.00640. The number of aliphatic hydroxyl groups excluding tert-OH is 1. The summed E-state index contributed by atoms with van der Waals surface area (Å²) in [5.41, 5.74) is -3.18. The summed E-state index contributed by atoms with van der Waals surface area (Å²) in [7, 11) is -4.77. The molecule has 7 atom stereocenters. The van der Waals surface area contributed by atoms with Gasteiger partial charge in [-0.1, -0.05) is 6.92 Å². The Morgan fingerprint density at radius 2 is 2.07 bits per heavy atom. The minimum Gasteiger partial charge on any atom is -0.465 e. The van der Waals surface area contributed by atoms with E-state index in [1.165, 1.54) is 6.92 Å². The molecule has 0 aromatic rings. The summed E-state index contributed by atoms with van der Waals surface area (Å²) in [5, 5.41) is 11.0. The zero-order valence-electron chi connectivity index (χ0n) is 15.6. The molecule has 0 aromatic carbocycles. The molecule has 156 valence electrons. The lowest BCUT2D eigenvalue weighted by molar-refractivity contribution is -0.246. The highest BCUT2D eigenvalue weighted by atomic mass is 32.3. The van der Waals surface area contributed by atoms with Crippen LogP contribution in [0, 0.1) is 10.8 Å². The van der Waals surface area contributed by atoms with Crippen molar-refractivity contribution in [3.8, 4) is 0 Å². The molecule has 3 fully saturated rings. The van der Waals surface area contributed by atoms with E-state index in [1.54, 1.807) is 19.9 Å². The molecule has 2 heterocycles. The van der Waals surface area contributed by atoms with Gasteiger partial charge in [-0.05, 0) is 25.0 Å². The first-order chi connectivity index (χ1) is 12.9. The number of fused-ring (bicyclic) bond motifs is 2. The number of ketones is 1. The van der Waals surface area contributed by atoms with Crippen molar-refractivity contribution in [2.75, 3.05) is 13.2 Å². The summed E-state index contributed by atoms with van der Waals surface area (Å²) in [6, 6.07) is 0. The number of esters is 1. The van der Waals surface area contributed by atoms with Gasteiger partial charge < -0.3 is 19.3 Å². The fourth-order valence-corrected chi connectivity index (χ4v) is 5.90. The van der Waals surface area contributed by atoms with Gasteiger partial charge in [0.05, 0.1) is 18.1 Å². The molecule has 1 saturated carbocycles. The summed E-state index contributed by atoms with van der Waals surface area (Å²) in [4.78, 5) is 24.2. The monoisotopic (exact) mass is 418 g/mol. The smallest absolute Gasteiger partial charge is 0.397 e. The van der Waals surface area contributed by atoms with Gasteiger partial charge in [0.25, 0.3) is 0 Å². The molecule has 28 heavy (non-hydrogen) atoms. The highest BCUT2D eigenvalue weighted by Gasteiger charge is 2.84. The van der Waals surface area contributed by atoms with Crippen molar-refractivity contribution in [1.82, 2.24) is 0 Å². The predicted octanol–water partition coefficient (Wildman–Crippen LogP) is -0.440. The largest absolute Gasteiger partial charge is 0.465 e. The van der Waals surface area contributed by atoms with Gasteiger partial charge in [-0.15, -0.1) is 0 Å². The van der Waals surface area contributed by atoms with Gasteiger partial charge >= 0.3 is 16.4 Å². The van der Waals surface area contributed by atoms with Crippen LogP contribution in [0.4, 0.5) is 0 Å². The first-order valence-corrected chi connectivity index (χ1v) is 10.2. The minimum atomic E-state index is -4.77. The van der Waals surface area contributed by atoms with Gasteiger partial charge in [0, 0.05) is 12.3 Å². The maximum absolute atomic E-state index is 12.7. The molecule has 2 bridgehead atoms. The summed E-state index contributed by atoms with van der Waals surface area (Å²) in [6.45, 7) is 4.36. The molecule has 0 amide bonds. The highest BCUT2D eigenvalue weighted by molar-refractivity contribution is 7.80. The SMILES string of the molecule is CC(=O)OC[C@]12[C@H](O)C(=O)C(C)=C[C@H]1O[C@@H]1[C@H](OS(=O)(=O)O)C[C@@]2(C)[C@]12CO2. The second-order valence-corrected chi connectivity index (χ2v) is 9.24. The molecule has 0 radical (unpaired) electrons. The molecule has 2 aliphatic heterocycles. The molecule has 0 aromatic heterocycles. The molecular weight excluding hydrogens is 396 g/mol. The van der Waals surface area contributed by atoms with Crippen LogP contribution >= 0.6 is 0 Å². The number of hydrogen-bond acceptors (Lipinski definition) is 9. The molecular formula is C17H22O10S. The lowest BCUT2D eigenvalue weighted by Crippen LogP contribution is -2.70. The summed E-state index contributed by atoms with van der Waals surface area (Å²) in [5.74, 6) is -1.12. The molecule has 2 saturated heterocycles. The van der Waals surface area contributed by atoms with E-state index < -0.39 is 63.0 Å². The van der Waals surface area contributed by atoms with Crippen molar-refractivity contribution in [2.24, 2.45) is 10.8 Å². The Kier molecular flexibility index (Phi) is 4.15. The number of aliphatic hydroxyl groups is 1. The third kappa shape index (κ3) is 2.40. The topological polar surface area (TPSA) is 149 Å². The Morgan fingerprint density at radius 1 is 1.43 bits per heavy atom. The molecule has 2 aliphatic carbocycles. The Balaban J connectivity index is 1.86. The molecule has 1 spiro atoms. The van der Waals surface area contributed by atoms with Crippen LogP contribution in [0.3, 0.4) is 0 Å². The molecule has 2 N–H and O–H groups in total. The van der Waals surface area contributed by atoms with E-state index in [0.717, 1.165) is 0 Å². The van der Waals surface area contributed by atoms with Crippen LogP contribution in [0.15, 0.2) is 11.6 Å². The second kappa shape index (κ2) is 5.83. The zero-order chi connectivity index (χ0) is 20.7. The van der Waals surface area contributed by atoms with Gasteiger partial charge in [-0.25, -0.2) is 4.18 Å². The van der Waals surface area contributed by atoms with Gasteiger partial charge in [-0.3, -0.25) is 14.1 Å². The first kappa shape index (κ1) is 19.9. The maximum Gasteiger partial charge on any atom is 0.397 e. The number of epoxide rings is 1. The number of rotatable bonds is 4. The van der Waals surface area contributed by atoms with E-state index >= 15 is 0 Å². The lowest BCUT2D eigenvalue weighted by atomic mass is 9.50.